The summed E-state index contributed by atoms with van der Waals surface area (Å²) < 4.78 is 5.19. The molecule has 0 spiro atoms. The van der Waals surface area contributed by atoms with E-state index in [4.69, 9.17) is 16.3 Å². The van der Waals surface area contributed by atoms with Crippen molar-refractivity contribution in [2.75, 3.05) is 5.32 Å². The van der Waals surface area contributed by atoms with Gasteiger partial charge in [-0.3, -0.25) is 4.79 Å². The smallest absolute Gasteiger partial charge is 0.330 e. The van der Waals surface area contributed by atoms with Crippen LogP contribution in [0, 0.1) is 13.8 Å². The van der Waals surface area contributed by atoms with Crippen molar-refractivity contribution >= 4 is 29.2 Å². The Hall–Kier alpha value is -3.26. The van der Waals surface area contributed by atoms with Crippen molar-refractivity contribution in [3.05, 3.63) is 58.6 Å². The molecule has 2 aromatic carbocycles. The number of carbonyl (C=O) groups excluding carboxylic acids is 2. The van der Waals surface area contributed by atoms with Crippen LogP contribution < -0.4 is 5.32 Å². The first kappa shape index (κ1) is 20.5. The first-order valence-electron chi connectivity index (χ1n) is 8.93. The van der Waals surface area contributed by atoms with E-state index in [0.717, 1.165) is 21.5 Å². The van der Waals surface area contributed by atoms with Gasteiger partial charge in [-0.2, -0.15) is 4.80 Å². The first-order valence-corrected chi connectivity index (χ1v) is 9.31. The van der Waals surface area contributed by atoms with Gasteiger partial charge in [0, 0.05) is 16.3 Å². The molecule has 0 saturated carbocycles. The minimum absolute atomic E-state index is 0.262. The van der Waals surface area contributed by atoms with Crippen LogP contribution in [0.1, 0.15) is 18.1 Å². The number of aromatic nitrogens is 4. The van der Waals surface area contributed by atoms with E-state index in [9.17, 15) is 9.59 Å². The predicted octanol–water partition coefficient (Wildman–Crippen LogP) is 3.18. The molecule has 0 aliphatic heterocycles. The molecular weight excluding hydrogens is 394 g/mol. The molecule has 9 heteroatoms. The Bertz CT molecular complexity index is 1030. The van der Waals surface area contributed by atoms with Gasteiger partial charge in [-0.25, -0.2) is 4.79 Å². The van der Waals surface area contributed by atoms with Crippen molar-refractivity contribution in [3.63, 3.8) is 0 Å². The van der Waals surface area contributed by atoms with Crippen molar-refractivity contribution in [3.8, 4) is 11.4 Å². The summed E-state index contributed by atoms with van der Waals surface area (Å²) in [5.74, 6) is -0.706. The van der Waals surface area contributed by atoms with Gasteiger partial charge in [-0.05, 0) is 61.9 Å². The summed E-state index contributed by atoms with van der Waals surface area (Å²) in [6.45, 7) is 5.11. The Morgan fingerprint density at radius 3 is 2.59 bits per heavy atom. The summed E-state index contributed by atoms with van der Waals surface area (Å²) in [6, 6.07) is 12.6. The Morgan fingerprint density at radius 1 is 1.17 bits per heavy atom. The molecule has 1 N–H and O–H groups in total. The Balaban J connectivity index is 1.56. The fourth-order valence-electron chi connectivity index (χ4n) is 2.62. The fraction of sp³-hybridized carbons (Fsp3) is 0.250. The Kier molecular flexibility index (Phi) is 6.23. The van der Waals surface area contributed by atoms with Crippen LogP contribution in [0.4, 0.5) is 5.69 Å². The molecule has 1 aromatic heterocycles. The summed E-state index contributed by atoms with van der Waals surface area (Å²) in [5, 5.41) is 15.2. The number of amides is 1. The number of aryl methyl sites for hydroxylation is 2. The number of tetrazole rings is 1. The first-order chi connectivity index (χ1) is 13.8. The van der Waals surface area contributed by atoms with Crippen LogP contribution >= 0.6 is 11.6 Å². The highest BCUT2D eigenvalue weighted by Crippen LogP contribution is 2.18. The quantitative estimate of drug-likeness (QED) is 0.623. The van der Waals surface area contributed by atoms with Crippen LogP contribution in [0.2, 0.25) is 5.02 Å². The maximum absolute atomic E-state index is 12.3. The van der Waals surface area contributed by atoms with Gasteiger partial charge in [-0.1, -0.05) is 29.3 Å². The molecule has 0 radical (unpaired) electrons. The SMILES string of the molecule is Cc1ccc(NC(=O)[C@H](C)OC(=O)Cn2nnc(-c3ccc(Cl)cc3)n2)c(C)c1. The van der Waals surface area contributed by atoms with Crippen molar-refractivity contribution in [1.29, 1.82) is 0 Å². The van der Waals surface area contributed by atoms with Gasteiger partial charge in [0.1, 0.15) is 0 Å². The molecular formula is C20H20ClN5O3. The fourth-order valence-corrected chi connectivity index (χ4v) is 2.74. The lowest BCUT2D eigenvalue weighted by atomic mass is 10.1. The third-order valence-corrected chi connectivity index (χ3v) is 4.39. The number of hydrogen-bond donors (Lipinski definition) is 1. The molecule has 1 heterocycles. The van der Waals surface area contributed by atoms with E-state index in [2.05, 4.69) is 20.7 Å². The van der Waals surface area contributed by atoms with Crippen LogP contribution in [-0.4, -0.2) is 38.2 Å². The lowest BCUT2D eigenvalue weighted by Gasteiger charge is -2.14. The highest BCUT2D eigenvalue weighted by atomic mass is 35.5. The number of ether oxygens (including phenoxy) is 1. The van der Waals surface area contributed by atoms with Crippen molar-refractivity contribution in [1.82, 2.24) is 20.2 Å². The third-order valence-electron chi connectivity index (χ3n) is 4.14. The highest BCUT2D eigenvalue weighted by molar-refractivity contribution is 6.30. The molecule has 0 aliphatic carbocycles. The van der Waals surface area contributed by atoms with Crippen LogP contribution in [0.25, 0.3) is 11.4 Å². The third kappa shape index (κ3) is 5.39. The van der Waals surface area contributed by atoms with E-state index < -0.39 is 18.0 Å². The van der Waals surface area contributed by atoms with Crippen LogP contribution in [0.5, 0.6) is 0 Å². The second-order valence-electron chi connectivity index (χ2n) is 6.59. The molecule has 0 unspecified atom stereocenters. The maximum atomic E-state index is 12.3. The van der Waals surface area contributed by atoms with Crippen molar-refractivity contribution < 1.29 is 14.3 Å². The Labute approximate surface area is 172 Å². The lowest BCUT2D eigenvalue weighted by Crippen LogP contribution is -2.31. The molecule has 0 saturated heterocycles. The summed E-state index contributed by atoms with van der Waals surface area (Å²) in [4.78, 5) is 25.6. The summed E-state index contributed by atoms with van der Waals surface area (Å²) >= 11 is 5.86. The van der Waals surface area contributed by atoms with E-state index >= 15 is 0 Å². The van der Waals surface area contributed by atoms with E-state index in [0.29, 0.717) is 16.5 Å². The standard InChI is InChI=1S/C20H20ClN5O3/c1-12-4-9-17(13(2)10-12)22-20(28)14(3)29-18(27)11-26-24-19(23-25-26)15-5-7-16(21)8-6-15/h4-10,14H,11H2,1-3H3,(H,22,28)/t14-/m0/s1. The zero-order chi connectivity index (χ0) is 21.0. The summed E-state index contributed by atoms with van der Waals surface area (Å²) in [5.41, 5.74) is 3.42. The number of rotatable bonds is 6. The predicted molar refractivity (Wildman–Crippen MR) is 108 cm³/mol. The zero-order valence-corrected chi connectivity index (χ0v) is 17.0. The summed E-state index contributed by atoms with van der Waals surface area (Å²) in [7, 11) is 0. The Morgan fingerprint density at radius 2 is 1.90 bits per heavy atom. The number of benzene rings is 2. The molecule has 29 heavy (non-hydrogen) atoms. The van der Waals surface area contributed by atoms with Gasteiger partial charge in [0.05, 0.1) is 0 Å². The molecule has 3 rings (SSSR count). The van der Waals surface area contributed by atoms with E-state index in [-0.39, 0.29) is 6.54 Å². The number of hydrogen-bond acceptors (Lipinski definition) is 6. The van der Waals surface area contributed by atoms with E-state index in [1.807, 2.05) is 32.0 Å². The van der Waals surface area contributed by atoms with Crippen LogP contribution in [-0.2, 0) is 20.9 Å². The van der Waals surface area contributed by atoms with Gasteiger partial charge in [0.2, 0.25) is 5.82 Å². The number of nitrogens with one attached hydrogen (secondary N) is 1. The van der Waals surface area contributed by atoms with Gasteiger partial charge >= 0.3 is 5.97 Å². The largest absolute Gasteiger partial charge is 0.451 e. The molecule has 150 valence electrons. The van der Waals surface area contributed by atoms with Gasteiger partial charge in [-0.15, -0.1) is 10.2 Å². The average Bonchev–Trinajstić information content (AvgIpc) is 3.12. The average molecular weight is 414 g/mol. The highest BCUT2D eigenvalue weighted by Gasteiger charge is 2.19. The minimum Gasteiger partial charge on any atom is -0.451 e. The van der Waals surface area contributed by atoms with Crippen molar-refractivity contribution in [2.45, 2.75) is 33.4 Å². The number of halogens is 1. The van der Waals surface area contributed by atoms with Gasteiger partial charge < -0.3 is 10.1 Å². The number of esters is 1. The molecule has 1 atom stereocenters. The number of carbonyl (C=O) groups is 2. The topological polar surface area (TPSA) is 99.0 Å². The van der Waals surface area contributed by atoms with E-state index in [1.54, 1.807) is 24.3 Å². The van der Waals surface area contributed by atoms with Gasteiger partial charge in [0.25, 0.3) is 5.91 Å². The molecule has 0 fully saturated rings. The van der Waals surface area contributed by atoms with Crippen LogP contribution in [0.15, 0.2) is 42.5 Å². The second-order valence-corrected chi connectivity index (χ2v) is 7.03. The second kappa shape index (κ2) is 8.83. The molecule has 1 amide bonds. The molecule has 0 aliphatic rings. The molecule has 3 aromatic rings. The number of nitrogens with zero attached hydrogens (tertiary/aromatic N) is 4. The van der Waals surface area contributed by atoms with Crippen LogP contribution in [0.3, 0.4) is 0 Å². The van der Waals surface area contributed by atoms with Gasteiger partial charge in [0.15, 0.2) is 12.6 Å². The minimum atomic E-state index is -0.970. The maximum Gasteiger partial charge on any atom is 0.330 e. The normalized spacial score (nSPS) is 11.7. The van der Waals surface area contributed by atoms with Crippen molar-refractivity contribution in [2.24, 2.45) is 0 Å². The summed E-state index contributed by atoms with van der Waals surface area (Å²) in [6.07, 6.45) is -0.970. The molecule has 8 nitrogen and oxygen atoms in total. The number of anilines is 1. The monoisotopic (exact) mass is 413 g/mol. The molecule has 0 bridgehead atoms. The lowest BCUT2D eigenvalue weighted by molar-refractivity contribution is -0.154. The van der Waals surface area contributed by atoms with E-state index in [1.165, 1.54) is 6.92 Å². The zero-order valence-electron chi connectivity index (χ0n) is 16.2.